The third-order valence-corrected chi connectivity index (χ3v) is 6.01. The van der Waals surface area contributed by atoms with Crippen molar-refractivity contribution in [1.82, 2.24) is 14.7 Å². The Hall–Kier alpha value is -2.28. The van der Waals surface area contributed by atoms with Gasteiger partial charge in [-0.25, -0.2) is 4.98 Å². The van der Waals surface area contributed by atoms with Crippen LogP contribution < -0.4 is 15.4 Å². The number of rotatable bonds is 5. The number of halogens is 2. The molecule has 8 heteroatoms. The lowest BCUT2D eigenvalue weighted by atomic mass is 9.92. The van der Waals surface area contributed by atoms with Gasteiger partial charge in [-0.15, -0.1) is 24.8 Å². The number of hydrogen-bond acceptors (Lipinski definition) is 4. The second kappa shape index (κ2) is 9.25. The average molecular weight is 449 g/mol. The van der Waals surface area contributed by atoms with Crippen LogP contribution in [-0.4, -0.2) is 28.4 Å². The molecule has 1 aliphatic carbocycles. The first-order valence-electron chi connectivity index (χ1n) is 9.89. The highest BCUT2D eigenvalue weighted by molar-refractivity contribution is 5.95. The van der Waals surface area contributed by atoms with Crippen molar-refractivity contribution in [2.24, 2.45) is 11.3 Å². The fourth-order valence-corrected chi connectivity index (χ4v) is 4.30. The van der Waals surface area contributed by atoms with Crippen molar-refractivity contribution in [2.75, 3.05) is 18.4 Å². The molecule has 1 atom stereocenters. The summed E-state index contributed by atoms with van der Waals surface area (Å²) in [5, 5.41) is 6.45. The molecule has 1 spiro atoms. The summed E-state index contributed by atoms with van der Waals surface area (Å²) in [6, 6.07) is 13.5. The molecule has 0 radical (unpaired) electrons. The van der Waals surface area contributed by atoms with Crippen molar-refractivity contribution in [2.45, 2.75) is 25.9 Å². The van der Waals surface area contributed by atoms with E-state index in [9.17, 15) is 4.79 Å². The molecule has 30 heavy (non-hydrogen) atoms. The first-order chi connectivity index (χ1) is 13.7. The maximum Gasteiger partial charge on any atom is 0.228 e. The van der Waals surface area contributed by atoms with E-state index in [0.29, 0.717) is 6.61 Å². The third-order valence-electron chi connectivity index (χ3n) is 6.01. The Morgan fingerprint density at radius 1 is 1.20 bits per heavy atom. The zero-order valence-corrected chi connectivity index (χ0v) is 18.2. The molecule has 2 N–H and O–H groups in total. The summed E-state index contributed by atoms with van der Waals surface area (Å²) in [5.41, 5.74) is 2.80. The Morgan fingerprint density at radius 3 is 2.83 bits per heavy atom. The Balaban J connectivity index is 0.00000128. The van der Waals surface area contributed by atoms with E-state index < -0.39 is 0 Å². The van der Waals surface area contributed by atoms with Crippen molar-refractivity contribution < 1.29 is 9.53 Å². The van der Waals surface area contributed by atoms with Crippen molar-refractivity contribution in [3.05, 3.63) is 60.6 Å². The number of aromatic nitrogens is 2. The van der Waals surface area contributed by atoms with Gasteiger partial charge in [-0.1, -0.05) is 12.1 Å². The Bertz CT molecular complexity index is 984. The van der Waals surface area contributed by atoms with Gasteiger partial charge < -0.3 is 19.8 Å². The van der Waals surface area contributed by atoms with Crippen molar-refractivity contribution in [3.63, 3.8) is 0 Å². The number of benzene rings is 1. The van der Waals surface area contributed by atoms with Crippen LogP contribution in [0.15, 0.2) is 54.9 Å². The number of pyridine rings is 1. The van der Waals surface area contributed by atoms with E-state index in [-0.39, 0.29) is 42.1 Å². The van der Waals surface area contributed by atoms with Crippen LogP contribution in [0.1, 0.15) is 25.0 Å². The second-order valence-corrected chi connectivity index (χ2v) is 7.87. The number of amides is 1. The SMILES string of the molecule is Cl.Cl.O=C(Nc1cccc(OCc2cn3ccccc3n2)c1)C1CC12CCNCC2. The molecule has 1 saturated heterocycles. The van der Waals surface area contributed by atoms with E-state index in [2.05, 4.69) is 15.6 Å². The van der Waals surface area contributed by atoms with Crippen LogP contribution >= 0.6 is 24.8 Å². The van der Waals surface area contributed by atoms with Crippen molar-refractivity contribution >= 4 is 42.1 Å². The van der Waals surface area contributed by atoms with Crippen LogP contribution in [0.3, 0.4) is 0 Å². The molecule has 1 saturated carbocycles. The van der Waals surface area contributed by atoms with Crippen LogP contribution in [0.5, 0.6) is 5.75 Å². The molecule has 3 aromatic rings. The van der Waals surface area contributed by atoms with E-state index >= 15 is 0 Å². The quantitative estimate of drug-likeness (QED) is 0.616. The molecule has 0 bridgehead atoms. The van der Waals surface area contributed by atoms with Crippen LogP contribution in [0.25, 0.3) is 5.65 Å². The molecule has 6 nitrogen and oxygen atoms in total. The van der Waals surface area contributed by atoms with E-state index in [1.54, 1.807) is 0 Å². The first-order valence-corrected chi connectivity index (χ1v) is 9.89. The van der Waals surface area contributed by atoms with Gasteiger partial charge in [-0.3, -0.25) is 4.79 Å². The summed E-state index contributed by atoms with van der Waals surface area (Å²) in [6.45, 7) is 2.43. The van der Waals surface area contributed by atoms with Gasteiger partial charge in [0.25, 0.3) is 0 Å². The van der Waals surface area contributed by atoms with Gasteiger partial charge in [0, 0.05) is 30.1 Å². The van der Waals surface area contributed by atoms with Gasteiger partial charge in [0.15, 0.2) is 0 Å². The smallest absolute Gasteiger partial charge is 0.228 e. The molecule has 1 aromatic carbocycles. The van der Waals surface area contributed by atoms with Crippen molar-refractivity contribution in [1.29, 1.82) is 0 Å². The highest BCUT2D eigenvalue weighted by Crippen LogP contribution is 2.58. The predicted molar refractivity (Wildman–Crippen MR) is 122 cm³/mol. The summed E-state index contributed by atoms with van der Waals surface area (Å²) < 4.78 is 7.87. The Kier molecular flexibility index (Phi) is 6.91. The molecule has 1 unspecified atom stereocenters. The standard InChI is InChI=1S/C22H24N4O2.2ClH/c27-21(19-13-22(19)7-9-23-10-8-22)25-16-4-3-5-18(12-16)28-15-17-14-26-11-2-1-6-20(26)24-17;;/h1-6,11-12,14,19,23H,7-10,13,15H2,(H,25,27);2*1H. The number of anilines is 1. The molecule has 160 valence electrons. The summed E-state index contributed by atoms with van der Waals surface area (Å²) in [7, 11) is 0. The van der Waals surface area contributed by atoms with Crippen LogP contribution in [-0.2, 0) is 11.4 Å². The minimum atomic E-state index is 0. The maximum atomic E-state index is 12.7. The largest absolute Gasteiger partial charge is 0.487 e. The Morgan fingerprint density at radius 2 is 2.03 bits per heavy atom. The van der Waals surface area contributed by atoms with E-state index in [0.717, 1.165) is 55.1 Å². The zero-order valence-electron chi connectivity index (χ0n) is 16.5. The molecular formula is C22H26Cl2N4O2. The fourth-order valence-electron chi connectivity index (χ4n) is 4.30. The number of imidazole rings is 1. The molecule has 2 aliphatic rings. The number of carbonyl (C=O) groups is 1. The van der Waals surface area contributed by atoms with Crippen LogP contribution in [0, 0.1) is 11.3 Å². The topological polar surface area (TPSA) is 67.7 Å². The van der Waals surface area contributed by atoms with Gasteiger partial charge in [-0.05, 0) is 62.0 Å². The number of nitrogens with zero attached hydrogens (tertiary/aromatic N) is 2. The summed E-state index contributed by atoms with van der Waals surface area (Å²) >= 11 is 0. The lowest BCUT2D eigenvalue weighted by Crippen LogP contribution is -2.31. The summed E-state index contributed by atoms with van der Waals surface area (Å²) in [6.07, 6.45) is 7.16. The minimum Gasteiger partial charge on any atom is -0.487 e. The van der Waals surface area contributed by atoms with Gasteiger partial charge >= 0.3 is 0 Å². The number of piperidine rings is 1. The number of carbonyl (C=O) groups excluding carboxylic acids is 1. The first kappa shape index (κ1) is 22.4. The molecule has 2 fully saturated rings. The predicted octanol–water partition coefficient (Wildman–Crippen LogP) is 4.09. The van der Waals surface area contributed by atoms with E-state index in [1.165, 1.54) is 0 Å². The number of fused-ring (bicyclic) bond motifs is 1. The molecular weight excluding hydrogens is 423 g/mol. The fraction of sp³-hybridized carbons (Fsp3) is 0.364. The van der Waals surface area contributed by atoms with Gasteiger partial charge in [0.05, 0.1) is 5.69 Å². The lowest BCUT2D eigenvalue weighted by Gasteiger charge is -2.23. The number of nitrogens with one attached hydrogen (secondary N) is 2. The van der Waals surface area contributed by atoms with Crippen molar-refractivity contribution in [3.8, 4) is 5.75 Å². The average Bonchev–Trinajstić information content (AvgIpc) is 3.24. The highest BCUT2D eigenvalue weighted by Gasteiger charge is 2.57. The monoisotopic (exact) mass is 448 g/mol. The van der Waals surface area contributed by atoms with Gasteiger partial charge in [-0.2, -0.15) is 0 Å². The molecule has 2 aromatic heterocycles. The summed E-state index contributed by atoms with van der Waals surface area (Å²) in [5.74, 6) is 1.01. The lowest BCUT2D eigenvalue weighted by molar-refractivity contribution is -0.118. The number of hydrogen-bond donors (Lipinski definition) is 2. The zero-order chi connectivity index (χ0) is 19.0. The van der Waals surface area contributed by atoms with Crippen LogP contribution in [0.2, 0.25) is 0 Å². The molecule has 3 heterocycles. The third kappa shape index (κ3) is 4.56. The van der Waals surface area contributed by atoms with Gasteiger partial charge in [0.1, 0.15) is 18.0 Å². The number of ether oxygens (including phenoxy) is 1. The summed E-state index contributed by atoms with van der Waals surface area (Å²) in [4.78, 5) is 17.2. The van der Waals surface area contributed by atoms with Crippen LogP contribution in [0.4, 0.5) is 5.69 Å². The maximum absolute atomic E-state index is 12.7. The second-order valence-electron chi connectivity index (χ2n) is 7.87. The van der Waals surface area contributed by atoms with E-state index in [4.69, 9.17) is 4.74 Å². The van der Waals surface area contributed by atoms with E-state index in [1.807, 2.05) is 59.3 Å². The molecule has 1 amide bonds. The molecule has 5 rings (SSSR count). The highest BCUT2D eigenvalue weighted by atomic mass is 35.5. The normalized spacial score (nSPS) is 18.9. The minimum absolute atomic E-state index is 0. The Labute approximate surface area is 188 Å². The van der Waals surface area contributed by atoms with Gasteiger partial charge in [0.2, 0.25) is 5.91 Å². The molecule has 1 aliphatic heterocycles.